The predicted molar refractivity (Wildman–Crippen MR) is 128 cm³/mol. The first-order valence-electron chi connectivity index (χ1n) is 10.6. The van der Waals surface area contributed by atoms with Crippen molar-refractivity contribution in [2.45, 2.75) is 20.5 Å². The maximum Gasteiger partial charge on any atom is 0.308 e. The highest BCUT2D eigenvalue weighted by atomic mass is 16.5. The van der Waals surface area contributed by atoms with Crippen molar-refractivity contribution in [3.8, 4) is 23.0 Å². The number of hydrogen-bond donors (Lipinski definition) is 1. The summed E-state index contributed by atoms with van der Waals surface area (Å²) >= 11 is 0. The van der Waals surface area contributed by atoms with Gasteiger partial charge in [-0.3, -0.25) is 14.4 Å². The van der Waals surface area contributed by atoms with Gasteiger partial charge in [0.2, 0.25) is 0 Å². The van der Waals surface area contributed by atoms with Crippen LogP contribution in [0.5, 0.6) is 23.0 Å². The number of hydrogen-bond acceptors (Lipinski definition) is 8. The highest BCUT2D eigenvalue weighted by Gasteiger charge is 2.09. The Bertz CT molecular complexity index is 1190. The Hall–Kier alpha value is -4.66. The lowest BCUT2D eigenvalue weighted by molar-refractivity contribution is -0.132. The zero-order chi connectivity index (χ0) is 25.0. The van der Waals surface area contributed by atoms with Crippen molar-refractivity contribution in [1.82, 2.24) is 5.43 Å². The summed E-state index contributed by atoms with van der Waals surface area (Å²) in [6.07, 6.45) is 1.30. The van der Waals surface area contributed by atoms with E-state index in [4.69, 9.17) is 18.9 Å². The molecule has 0 saturated carbocycles. The molecule has 9 heteroatoms. The molecule has 3 rings (SSSR count). The topological polar surface area (TPSA) is 113 Å². The number of nitrogens with zero attached hydrogens (tertiary/aromatic N) is 1. The molecule has 0 radical (unpaired) electrons. The van der Waals surface area contributed by atoms with Crippen LogP contribution in [0.25, 0.3) is 0 Å². The van der Waals surface area contributed by atoms with Crippen LogP contribution < -0.4 is 24.4 Å². The molecule has 0 atom stereocenters. The van der Waals surface area contributed by atoms with E-state index >= 15 is 0 Å². The van der Waals surface area contributed by atoms with Crippen LogP contribution in [-0.4, -0.2) is 30.7 Å². The van der Waals surface area contributed by atoms with Gasteiger partial charge in [-0.15, -0.1) is 0 Å². The Balaban J connectivity index is 1.48. The van der Waals surface area contributed by atoms with Crippen molar-refractivity contribution in [1.29, 1.82) is 0 Å². The van der Waals surface area contributed by atoms with E-state index in [1.54, 1.807) is 24.3 Å². The van der Waals surface area contributed by atoms with Gasteiger partial charge < -0.3 is 18.9 Å². The highest BCUT2D eigenvalue weighted by molar-refractivity contribution is 5.87. The van der Waals surface area contributed by atoms with Crippen LogP contribution in [-0.2, 0) is 21.0 Å². The maximum atomic E-state index is 12.1. The van der Waals surface area contributed by atoms with Crippen LogP contribution in [0.2, 0.25) is 0 Å². The largest absolute Gasteiger partial charge is 0.489 e. The molecule has 0 heterocycles. The van der Waals surface area contributed by atoms with Crippen LogP contribution >= 0.6 is 0 Å². The van der Waals surface area contributed by atoms with Gasteiger partial charge in [-0.05, 0) is 42.0 Å². The molecule has 9 nitrogen and oxygen atoms in total. The quantitative estimate of drug-likeness (QED) is 0.206. The highest BCUT2D eigenvalue weighted by Crippen LogP contribution is 2.24. The summed E-state index contributed by atoms with van der Waals surface area (Å²) in [7, 11) is 0. The molecule has 35 heavy (non-hydrogen) atoms. The summed E-state index contributed by atoms with van der Waals surface area (Å²) in [5.41, 5.74) is 3.79. The standard InChI is InChI=1S/C26H24N2O7/c1-18(29)34-24-9-8-21(25(14-24)35-19(2)30)15-27-28-26(31)17-33-23-12-10-22(11-13-23)32-16-20-6-4-3-5-7-20/h3-15H,16-17H2,1-2H3,(H,28,31)/b27-15-. The zero-order valence-electron chi connectivity index (χ0n) is 19.2. The third-order valence-corrected chi connectivity index (χ3v) is 4.34. The summed E-state index contributed by atoms with van der Waals surface area (Å²) in [5.74, 6) is -0.0561. The van der Waals surface area contributed by atoms with E-state index in [9.17, 15) is 14.4 Å². The molecule has 1 N–H and O–H groups in total. The Morgan fingerprint density at radius 1 is 0.800 bits per heavy atom. The van der Waals surface area contributed by atoms with Crippen LogP contribution in [0.1, 0.15) is 25.0 Å². The van der Waals surface area contributed by atoms with Crippen molar-refractivity contribution >= 4 is 24.1 Å². The number of amides is 1. The van der Waals surface area contributed by atoms with Gasteiger partial charge in [-0.25, -0.2) is 5.43 Å². The van der Waals surface area contributed by atoms with Crippen molar-refractivity contribution < 1.29 is 33.3 Å². The number of benzene rings is 3. The summed E-state index contributed by atoms with van der Waals surface area (Å²) in [5, 5.41) is 3.86. The minimum atomic E-state index is -0.562. The molecule has 0 unspecified atom stereocenters. The van der Waals surface area contributed by atoms with E-state index in [0.29, 0.717) is 23.7 Å². The fourth-order valence-electron chi connectivity index (χ4n) is 2.82. The molecule has 3 aromatic carbocycles. The maximum absolute atomic E-state index is 12.1. The second kappa shape index (κ2) is 12.5. The van der Waals surface area contributed by atoms with Crippen molar-refractivity contribution in [2.75, 3.05) is 6.61 Å². The molecule has 0 fully saturated rings. The monoisotopic (exact) mass is 476 g/mol. The van der Waals surface area contributed by atoms with E-state index < -0.39 is 17.8 Å². The molecule has 0 bridgehead atoms. The van der Waals surface area contributed by atoms with Gasteiger partial charge in [0.1, 0.15) is 29.6 Å². The molecule has 0 aliphatic rings. The molecule has 180 valence electrons. The van der Waals surface area contributed by atoms with E-state index in [1.807, 2.05) is 30.3 Å². The Kier molecular flexibility index (Phi) is 8.95. The molecule has 3 aromatic rings. The minimum Gasteiger partial charge on any atom is -0.489 e. The molecule has 0 spiro atoms. The average molecular weight is 476 g/mol. The van der Waals surface area contributed by atoms with Gasteiger partial charge in [0.05, 0.1) is 6.21 Å². The van der Waals surface area contributed by atoms with Gasteiger partial charge in [0.25, 0.3) is 5.91 Å². The Morgan fingerprint density at radius 3 is 2.09 bits per heavy atom. The smallest absolute Gasteiger partial charge is 0.308 e. The van der Waals surface area contributed by atoms with Gasteiger partial charge in [0.15, 0.2) is 6.61 Å². The lowest BCUT2D eigenvalue weighted by atomic mass is 10.2. The van der Waals surface area contributed by atoms with E-state index in [-0.39, 0.29) is 18.1 Å². The Labute approximate surface area is 202 Å². The predicted octanol–water partition coefficient (Wildman–Crippen LogP) is 3.65. The summed E-state index contributed by atoms with van der Waals surface area (Å²) < 4.78 is 21.3. The Morgan fingerprint density at radius 2 is 1.43 bits per heavy atom. The third-order valence-electron chi connectivity index (χ3n) is 4.34. The first kappa shape index (κ1) is 25.0. The number of rotatable bonds is 10. The van der Waals surface area contributed by atoms with E-state index in [1.165, 1.54) is 38.3 Å². The van der Waals surface area contributed by atoms with Crippen molar-refractivity contribution in [3.63, 3.8) is 0 Å². The summed E-state index contributed by atoms with van der Waals surface area (Å²) in [6, 6.07) is 21.1. The number of carbonyl (C=O) groups excluding carboxylic acids is 3. The first-order chi connectivity index (χ1) is 16.9. The first-order valence-corrected chi connectivity index (χ1v) is 10.6. The SMILES string of the molecule is CC(=O)Oc1ccc(/C=N\NC(=O)COc2ccc(OCc3ccccc3)cc2)c(OC(C)=O)c1. The average Bonchev–Trinajstić information content (AvgIpc) is 2.83. The van der Waals surface area contributed by atoms with Gasteiger partial charge in [0, 0.05) is 25.5 Å². The van der Waals surface area contributed by atoms with Crippen LogP contribution in [0, 0.1) is 0 Å². The number of nitrogens with one attached hydrogen (secondary N) is 1. The number of ether oxygens (including phenoxy) is 4. The number of esters is 2. The fraction of sp³-hybridized carbons (Fsp3) is 0.154. The minimum absolute atomic E-state index is 0.125. The van der Waals surface area contributed by atoms with E-state index in [2.05, 4.69) is 10.5 Å². The number of hydrazone groups is 1. The van der Waals surface area contributed by atoms with Gasteiger partial charge in [-0.2, -0.15) is 5.10 Å². The van der Waals surface area contributed by atoms with Crippen molar-refractivity contribution in [3.05, 3.63) is 83.9 Å². The molecule has 0 aliphatic heterocycles. The second-order valence-electron chi connectivity index (χ2n) is 7.21. The fourth-order valence-corrected chi connectivity index (χ4v) is 2.82. The van der Waals surface area contributed by atoms with Crippen LogP contribution in [0.4, 0.5) is 0 Å². The van der Waals surface area contributed by atoms with Crippen molar-refractivity contribution in [2.24, 2.45) is 5.10 Å². The van der Waals surface area contributed by atoms with Crippen LogP contribution in [0.3, 0.4) is 0 Å². The lowest BCUT2D eigenvalue weighted by Crippen LogP contribution is -2.24. The second-order valence-corrected chi connectivity index (χ2v) is 7.21. The van der Waals surface area contributed by atoms with E-state index in [0.717, 1.165) is 5.56 Å². The molecule has 0 aliphatic carbocycles. The summed E-state index contributed by atoms with van der Waals surface area (Å²) in [6.45, 7) is 2.68. The molecular weight excluding hydrogens is 452 g/mol. The third kappa shape index (κ3) is 8.65. The summed E-state index contributed by atoms with van der Waals surface area (Å²) in [4.78, 5) is 34.5. The molecule has 0 aromatic heterocycles. The molecular formula is C26H24N2O7. The zero-order valence-corrected chi connectivity index (χ0v) is 19.2. The lowest BCUT2D eigenvalue weighted by Gasteiger charge is -2.09. The van der Waals surface area contributed by atoms with Crippen LogP contribution in [0.15, 0.2) is 77.9 Å². The normalized spacial score (nSPS) is 10.5. The van der Waals surface area contributed by atoms with Gasteiger partial charge in [-0.1, -0.05) is 30.3 Å². The molecule has 1 amide bonds. The number of carbonyl (C=O) groups is 3. The molecule has 0 saturated heterocycles. The van der Waals surface area contributed by atoms with Gasteiger partial charge >= 0.3 is 11.9 Å².